The minimum absolute atomic E-state index is 0.121. The van der Waals surface area contributed by atoms with Gasteiger partial charge in [-0.25, -0.2) is 0 Å². The zero-order chi connectivity index (χ0) is 12.7. The molecule has 0 aromatic rings. The molecule has 1 aliphatic rings. The van der Waals surface area contributed by atoms with E-state index in [1.807, 2.05) is 6.92 Å². The second kappa shape index (κ2) is 7.63. The second-order valence-electron chi connectivity index (χ2n) is 4.34. The lowest BCUT2D eigenvalue weighted by Crippen LogP contribution is -2.58. The molecular formula is C12H24N2O3. The second-order valence-corrected chi connectivity index (χ2v) is 4.34. The molecule has 17 heavy (non-hydrogen) atoms. The number of hydrogen-bond acceptors (Lipinski definition) is 5. The van der Waals surface area contributed by atoms with E-state index in [2.05, 4.69) is 17.1 Å². The van der Waals surface area contributed by atoms with Gasteiger partial charge in [0.25, 0.3) is 0 Å². The van der Waals surface area contributed by atoms with Crippen LogP contribution in [0.15, 0.2) is 0 Å². The van der Waals surface area contributed by atoms with Gasteiger partial charge < -0.3 is 14.8 Å². The first-order chi connectivity index (χ1) is 8.20. The van der Waals surface area contributed by atoms with E-state index in [-0.39, 0.29) is 12.0 Å². The van der Waals surface area contributed by atoms with Gasteiger partial charge in [-0.15, -0.1) is 0 Å². The van der Waals surface area contributed by atoms with Gasteiger partial charge in [0.1, 0.15) is 6.04 Å². The number of piperazine rings is 1. The Morgan fingerprint density at radius 3 is 3.00 bits per heavy atom. The monoisotopic (exact) mass is 244 g/mol. The van der Waals surface area contributed by atoms with Crippen LogP contribution in [-0.4, -0.2) is 62.9 Å². The molecule has 0 aromatic heterocycles. The number of rotatable bonds is 6. The van der Waals surface area contributed by atoms with Gasteiger partial charge in [-0.05, 0) is 20.3 Å². The van der Waals surface area contributed by atoms with E-state index in [9.17, 15) is 4.79 Å². The SMILES string of the molecule is CCOC(=O)C1CNCCN1C(C)CCOC. The fourth-order valence-electron chi connectivity index (χ4n) is 2.16. The van der Waals surface area contributed by atoms with Crippen LogP contribution in [0.1, 0.15) is 20.3 Å². The Kier molecular flexibility index (Phi) is 6.47. The summed E-state index contributed by atoms with van der Waals surface area (Å²) in [5.41, 5.74) is 0. The molecule has 1 N–H and O–H groups in total. The molecule has 1 rings (SSSR count). The highest BCUT2D eigenvalue weighted by Gasteiger charge is 2.32. The molecule has 5 nitrogen and oxygen atoms in total. The van der Waals surface area contributed by atoms with Crippen molar-refractivity contribution in [1.29, 1.82) is 0 Å². The van der Waals surface area contributed by atoms with Crippen LogP contribution in [0.2, 0.25) is 0 Å². The van der Waals surface area contributed by atoms with E-state index >= 15 is 0 Å². The highest BCUT2D eigenvalue weighted by Crippen LogP contribution is 2.12. The number of carbonyl (C=O) groups excluding carboxylic acids is 1. The fraction of sp³-hybridized carbons (Fsp3) is 0.917. The van der Waals surface area contributed by atoms with Gasteiger partial charge in [0.2, 0.25) is 0 Å². The van der Waals surface area contributed by atoms with Crippen molar-refractivity contribution in [2.75, 3.05) is 40.0 Å². The van der Waals surface area contributed by atoms with Gasteiger partial charge in [-0.2, -0.15) is 0 Å². The summed E-state index contributed by atoms with van der Waals surface area (Å²) in [4.78, 5) is 14.1. The molecular weight excluding hydrogens is 220 g/mol. The molecule has 0 aromatic carbocycles. The fourth-order valence-corrected chi connectivity index (χ4v) is 2.16. The van der Waals surface area contributed by atoms with Crippen molar-refractivity contribution in [2.24, 2.45) is 0 Å². The van der Waals surface area contributed by atoms with E-state index in [1.54, 1.807) is 7.11 Å². The average Bonchev–Trinajstić information content (AvgIpc) is 2.36. The quantitative estimate of drug-likeness (QED) is 0.679. The molecule has 0 amide bonds. The lowest BCUT2D eigenvalue weighted by atomic mass is 10.1. The Labute approximate surface area is 103 Å². The Hall–Kier alpha value is -0.650. The first-order valence-corrected chi connectivity index (χ1v) is 6.32. The molecule has 1 saturated heterocycles. The molecule has 0 saturated carbocycles. The summed E-state index contributed by atoms with van der Waals surface area (Å²) >= 11 is 0. The molecule has 2 unspecified atom stereocenters. The van der Waals surface area contributed by atoms with Crippen molar-refractivity contribution < 1.29 is 14.3 Å². The number of methoxy groups -OCH3 is 1. The lowest BCUT2D eigenvalue weighted by Gasteiger charge is -2.38. The smallest absolute Gasteiger partial charge is 0.324 e. The maximum atomic E-state index is 11.9. The summed E-state index contributed by atoms with van der Waals surface area (Å²) in [5, 5.41) is 3.24. The van der Waals surface area contributed by atoms with Gasteiger partial charge in [0.05, 0.1) is 6.61 Å². The molecule has 2 atom stereocenters. The van der Waals surface area contributed by atoms with Crippen molar-refractivity contribution in [2.45, 2.75) is 32.4 Å². The number of nitrogens with one attached hydrogen (secondary N) is 1. The Balaban J connectivity index is 2.55. The standard InChI is InChI=1S/C12H24N2O3/c1-4-17-12(15)11-9-13-6-7-14(11)10(2)5-8-16-3/h10-11,13H,4-9H2,1-3H3. The third-order valence-electron chi connectivity index (χ3n) is 3.15. The van der Waals surface area contributed by atoms with Crippen molar-refractivity contribution in [3.8, 4) is 0 Å². The zero-order valence-electron chi connectivity index (χ0n) is 11.1. The lowest BCUT2D eigenvalue weighted by molar-refractivity contribution is -0.151. The molecule has 1 aliphatic heterocycles. The summed E-state index contributed by atoms with van der Waals surface area (Å²) in [6.07, 6.45) is 0.937. The largest absolute Gasteiger partial charge is 0.465 e. The molecule has 0 aliphatic carbocycles. The number of hydrogen-bond donors (Lipinski definition) is 1. The predicted molar refractivity (Wildman–Crippen MR) is 66.0 cm³/mol. The average molecular weight is 244 g/mol. The van der Waals surface area contributed by atoms with Crippen LogP contribution in [0, 0.1) is 0 Å². The van der Waals surface area contributed by atoms with Gasteiger partial charge >= 0.3 is 5.97 Å². The van der Waals surface area contributed by atoms with Crippen LogP contribution in [-0.2, 0) is 14.3 Å². The molecule has 1 fully saturated rings. The summed E-state index contributed by atoms with van der Waals surface area (Å²) in [5.74, 6) is -0.121. The predicted octanol–water partition coefficient (Wildman–Crippen LogP) is 0.248. The van der Waals surface area contributed by atoms with Gasteiger partial charge in [0, 0.05) is 39.4 Å². The Bertz CT molecular complexity index is 236. The molecule has 5 heteroatoms. The van der Waals surface area contributed by atoms with Crippen molar-refractivity contribution >= 4 is 5.97 Å². The Morgan fingerprint density at radius 1 is 1.59 bits per heavy atom. The number of carbonyl (C=O) groups is 1. The maximum Gasteiger partial charge on any atom is 0.324 e. The van der Waals surface area contributed by atoms with Crippen LogP contribution < -0.4 is 5.32 Å². The molecule has 1 heterocycles. The topological polar surface area (TPSA) is 50.8 Å². The van der Waals surface area contributed by atoms with E-state index < -0.39 is 0 Å². The first kappa shape index (κ1) is 14.4. The zero-order valence-corrected chi connectivity index (χ0v) is 11.1. The normalized spacial score (nSPS) is 23.4. The summed E-state index contributed by atoms with van der Waals surface area (Å²) in [7, 11) is 1.70. The first-order valence-electron chi connectivity index (χ1n) is 6.32. The van der Waals surface area contributed by atoms with Crippen LogP contribution in [0.25, 0.3) is 0 Å². The molecule has 100 valence electrons. The van der Waals surface area contributed by atoms with E-state index in [0.29, 0.717) is 19.2 Å². The van der Waals surface area contributed by atoms with Crippen molar-refractivity contribution in [3.05, 3.63) is 0 Å². The molecule has 0 spiro atoms. The third-order valence-corrected chi connectivity index (χ3v) is 3.15. The van der Waals surface area contributed by atoms with Crippen LogP contribution >= 0.6 is 0 Å². The van der Waals surface area contributed by atoms with Crippen LogP contribution in [0.5, 0.6) is 0 Å². The van der Waals surface area contributed by atoms with Gasteiger partial charge in [-0.1, -0.05) is 0 Å². The van der Waals surface area contributed by atoms with Gasteiger partial charge in [0.15, 0.2) is 0 Å². The third kappa shape index (κ3) is 4.26. The maximum absolute atomic E-state index is 11.9. The molecule has 0 radical (unpaired) electrons. The minimum atomic E-state index is -0.157. The number of nitrogens with zero attached hydrogens (tertiary/aromatic N) is 1. The molecule has 0 bridgehead atoms. The van der Waals surface area contributed by atoms with Crippen LogP contribution in [0.3, 0.4) is 0 Å². The van der Waals surface area contributed by atoms with Crippen LogP contribution in [0.4, 0.5) is 0 Å². The summed E-state index contributed by atoms with van der Waals surface area (Å²) in [6.45, 7) is 7.62. The Morgan fingerprint density at radius 2 is 2.35 bits per heavy atom. The van der Waals surface area contributed by atoms with E-state index in [1.165, 1.54) is 0 Å². The number of ether oxygens (including phenoxy) is 2. The highest BCUT2D eigenvalue weighted by molar-refractivity contribution is 5.76. The van der Waals surface area contributed by atoms with E-state index in [0.717, 1.165) is 26.1 Å². The summed E-state index contributed by atoms with van der Waals surface area (Å²) < 4.78 is 10.2. The minimum Gasteiger partial charge on any atom is -0.465 e. The van der Waals surface area contributed by atoms with Gasteiger partial charge in [-0.3, -0.25) is 9.69 Å². The highest BCUT2D eigenvalue weighted by atomic mass is 16.5. The van der Waals surface area contributed by atoms with E-state index in [4.69, 9.17) is 9.47 Å². The summed E-state index contributed by atoms with van der Waals surface area (Å²) in [6, 6.07) is 0.182. The number of esters is 1. The van der Waals surface area contributed by atoms with Crippen molar-refractivity contribution in [3.63, 3.8) is 0 Å². The van der Waals surface area contributed by atoms with Crippen molar-refractivity contribution in [1.82, 2.24) is 10.2 Å².